The van der Waals surface area contributed by atoms with Gasteiger partial charge in [0, 0.05) is 18.3 Å². The predicted molar refractivity (Wildman–Crippen MR) is 71.8 cm³/mol. The minimum Gasteiger partial charge on any atom is -0.367 e. The summed E-state index contributed by atoms with van der Waals surface area (Å²) in [6, 6.07) is 0. The van der Waals surface area contributed by atoms with Gasteiger partial charge in [-0.2, -0.15) is 0 Å². The fourth-order valence-electron chi connectivity index (χ4n) is 5.09. The van der Waals surface area contributed by atoms with E-state index in [9.17, 15) is 4.79 Å². The monoisotopic (exact) mass is 270 g/mol. The van der Waals surface area contributed by atoms with E-state index in [2.05, 4.69) is 27.7 Å². The fourth-order valence-corrected chi connectivity index (χ4v) is 5.50. The lowest BCUT2D eigenvalue weighted by Crippen LogP contribution is -2.72. The molecule has 0 aromatic rings. The zero-order chi connectivity index (χ0) is 13.4. The van der Waals surface area contributed by atoms with Crippen molar-refractivity contribution in [1.82, 2.24) is 0 Å². The highest BCUT2D eigenvalue weighted by atomic mass is 35.5. The average Bonchev–Trinajstić information content (AvgIpc) is 2.17. The maximum Gasteiger partial charge on any atom is 0.136 e. The van der Waals surface area contributed by atoms with Crippen molar-refractivity contribution in [3.63, 3.8) is 0 Å². The minimum atomic E-state index is -0.315. The Labute approximate surface area is 114 Å². The largest absolute Gasteiger partial charge is 0.367 e. The fraction of sp³-hybridized carbons (Fsp3) is 0.933. The van der Waals surface area contributed by atoms with Gasteiger partial charge >= 0.3 is 0 Å². The summed E-state index contributed by atoms with van der Waals surface area (Å²) in [6.45, 7) is 8.71. The summed E-state index contributed by atoms with van der Waals surface area (Å²) in [5.74, 6) is 0.343. The second-order valence-corrected chi connectivity index (χ2v) is 8.20. The van der Waals surface area contributed by atoms with Gasteiger partial charge in [0.1, 0.15) is 5.78 Å². The Bertz CT molecular complexity index is 419. The summed E-state index contributed by atoms with van der Waals surface area (Å²) in [5, 5.41) is 0.0757. The maximum atomic E-state index is 12.1. The molecule has 2 bridgehead atoms. The van der Waals surface area contributed by atoms with Crippen LogP contribution in [-0.4, -0.2) is 22.4 Å². The van der Waals surface area contributed by atoms with Gasteiger partial charge in [0.05, 0.1) is 16.6 Å². The van der Waals surface area contributed by atoms with E-state index < -0.39 is 0 Å². The van der Waals surface area contributed by atoms with Crippen LogP contribution in [0, 0.1) is 10.8 Å². The van der Waals surface area contributed by atoms with Crippen molar-refractivity contribution in [1.29, 1.82) is 0 Å². The zero-order valence-electron chi connectivity index (χ0n) is 11.8. The zero-order valence-corrected chi connectivity index (χ0v) is 12.6. The summed E-state index contributed by atoms with van der Waals surface area (Å²) in [6.07, 6.45) is 4.39. The molecule has 4 aliphatic rings. The summed E-state index contributed by atoms with van der Waals surface area (Å²) in [4.78, 5) is 12.1. The van der Waals surface area contributed by atoms with Crippen molar-refractivity contribution in [2.45, 2.75) is 76.4 Å². The van der Waals surface area contributed by atoms with Gasteiger partial charge in [-0.05, 0) is 38.5 Å². The van der Waals surface area contributed by atoms with Crippen LogP contribution in [0.4, 0.5) is 0 Å². The number of alkyl halides is 1. The normalized spacial score (nSPS) is 54.3. The predicted octanol–water partition coefficient (Wildman–Crippen LogP) is 3.70. The molecular weight excluding hydrogens is 248 g/mol. The van der Waals surface area contributed by atoms with Gasteiger partial charge in [0.25, 0.3) is 0 Å². The number of ether oxygens (including phenoxy) is 1. The lowest BCUT2D eigenvalue weighted by Gasteiger charge is -2.70. The third-order valence-electron chi connectivity index (χ3n) is 6.18. The molecule has 2 saturated carbocycles. The average molecular weight is 271 g/mol. The molecule has 2 aliphatic heterocycles. The molecule has 2 heterocycles. The molecule has 18 heavy (non-hydrogen) atoms. The van der Waals surface area contributed by atoms with Gasteiger partial charge in [0.15, 0.2) is 0 Å². The highest BCUT2D eigenvalue weighted by Gasteiger charge is 2.70. The number of carbonyl (C=O) groups excluding carboxylic acids is 1. The number of ketones is 1. The number of carbonyl (C=O) groups is 1. The van der Waals surface area contributed by atoms with Crippen LogP contribution in [0.3, 0.4) is 0 Å². The molecule has 4 rings (SSSR count). The van der Waals surface area contributed by atoms with E-state index in [0.29, 0.717) is 18.6 Å². The van der Waals surface area contributed by atoms with E-state index >= 15 is 0 Å². The Morgan fingerprint density at radius 2 is 1.83 bits per heavy atom. The molecule has 3 heteroatoms. The number of hydrogen-bond donors (Lipinski definition) is 0. The van der Waals surface area contributed by atoms with Crippen LogP contribution in [0.25, 0.3) is 0 Å². The van der Waals surface area contributed by atoms with E-state index in [0.717, 1.165) is 19.3 Å². The van der Waals surface area contributed by atoms with Crippen LogP contribution in [0.1, 0.15) is 59.8 Å². The number of fused-ring (bicyclic) bond motifs is 2. The van der Waals surface area contributed by atoms with E-state index in [1.54, 1.807) is 0 Å². The first-order valence-corrected chi connectivity index (χ1v) is 7.44. The molecule has 0 aromatic heterocycles. The summed E-state index contributed by atoms with van der Waals surface area (Å²) in [7, 11) is 0. The van der Waals surface area contributed by atoms with Crippen molar-refractivity contribution in [3.05, 3.63) is 0 Å². The number of rotatable bonds is 0. The standard InChI is InChI=1S/C15H23ClO2/c1-12(2)7-10(17)8-14(4)15(12)6-5-13(3,18-14)11(16)9-15/h11H,5-9H2,1-4H3/t11?,13?,14-,15+/m1/s1. The third-order valence-corrected chi connectivity index (χ3v) is 6.79. The number of hydrogen-bond acceptors (Lipinski definition) is 2. The Hall–Kier alpha value is -0.0800. The minimum absolute atomic E-state index is 0.00796. The van der Waals surface area contributed by atoms with Crippen molar-refractivity contribution in [2.24, 2.45) is 10.8 Å². The maximum absolute atomic E-state index is 12.1. The lowest BCUT2D eigenvalue weighted by molar-refractivity contribution is -0.312. The molecule has 4 atom stereocenters. The second kappa shape index (κ2) is 3.32. The Morgan fingerprint density at radius 1 is 1.17 bits per heavy atom. The van der Waals surface area contributed by atoms with Crippen LogP contribution < -0.4 is 0 Å². The van der Waals surface area contributed by atoms with E-state index in [4.69, 9.17) is 16.3 Å². The lowest BCUT2D eigenvalue weighted by atomic mass is 9.43. The van der Waals surface area contributed by atoms with Crippen LogP contribution in [-0.2, 0) is 9.53 Å². The number of halogens is 1. The molecule has 2 aliphatic carbocycles. The molecule has 0 amide bonds. The second-order valence-electron chi connectivity index (χ2n) is 7.68. The van der Waals surface area contributed by atoms with Crippen molar-refractivity contribution >= 4 is 17.4 Å². The number of Topliss-reactive ketones (excluding diaryl/α,β-unsaturated/α-hetero) is 1. The molecule has 2 nitrogen and oxygen atoms in total. The molecule has 0 radical (unpaired) electrons. The summed E-state index contributed by atoms with van der Waals surface area (Å²) < 4.78 is 6.42. The van der Waals surface area contributed by atoms with Gasteiger partial charge in [-0.25, -0.2) is 0 Å². The van der Waals surface area contributed by atoms with Crippen molar-refractivity contribution in [2.75, 3.05) is 0 Å². The summed E-state index contributed by atoms with van der Waals surface area (Å²) >= 11 is 6.58. The van der Waals surface area contributed by atoms with Gasteiger partial charge in [-0.15, -0.1) is 11.6 Å². The van der Waals surface area contributed by atoms with Gasteiger partial charge in [-0.3, -0.25) is 4.79 Å². The molecule has 4 fully saturated rings. The quantitative estimate of drug-likeness (QED) is 0.628. The first-order chi connectivity index (χ1) is 8.14. The Morgan fingerprint density at radius 3 is 2.44 bits per heavy atom. The summed E-state index contributed by atoms with van der Waals surface area (Å²) in [5.41, 5.74) is -0.500. The Balaban J connectivity index is 2.12. The molecule has 0 N–H and O–H groups in total. The van der Waals surface area contributed by atoms with Crippen LogP contribution >= 0.6 is 11.6 Å². The smallest absolute Gasteiger partial charge is 0.136 e. The first kappa shape index (κ1) is 12.9. The molecule has 0 aromatic carbocycles. The first-order valence-electron chi connectivity index (χ1n) is 7.00. The molecular formula is C15H23ClO2. The molecule has 102 valence electrons. The topological polar surface area (TPSA) is 26.3 Å². The van der Waals surface area contributed by atoms with Crippen LogP contribution in [0.15, 0.2) is 0 Å². The van der Waals surface area contributed by atoms with Crippen molar-refractivity contribution in [3.8, 4) is 0 Å². The highest BCUT2D eigenvalue weighted by molar-refractivity contribution is 6.21. The SMILES string of the molecule is CC12CC[C@]3(CC1Cl)C(C)(C)CC(=O)C[C@@]3(C)O2. The van der Waals surface area contributed by atoms with Crippen LogP contribution in [0.2, 0.25) is 0 Å². The molecule has 1 spiro atoms. The van der Waals surface area contributed by atoms with E-state index in [1.165, 1.54) is 0 Å². The highest BCUT2D eigenvalue weighted by Crippen LogP contribution is 2.69. The van der Waals surface area contributed by atoms with Gasteiger partial charge in [0.2, 0.25) is 0 Å². The van der Waals surface area contributed by atoms with E-state index in [-0.39, 0.29) is 27.4 Å². The van der Waals surface area contributed by atoms with E-state index in [1.807, 2.05) is 0 Å². The molecule has 2 saturated heterocycles. The van der Waals surface area contributed by atoms with Gasteiger partial charge < -0.3 is 4.74 Å². The van der Waals surface area contributed by atoms with Crippen molar-refractivity contribution < 1.29 is 9.53 Å². The third kappa shape index (κ3) is 1.31. The van der Waals surface area contributed by atoms with Gasteiger partial charge in [-0.1, -0.05) is 13.8 Å². The van der Waals surface area contributed by atoms with Crippen LogP contribution in [0.5, 0.6) is 0 Å². The Kier molecular flexibility index (Phi) is 2.39. The molecule has 2 unspecified atom stereocenters.